The van der Waals surface area contributed by atoms with Gasteiger partial charge in [0.25, 0.3) is 0 Å². The van der Waals surface area contributed by atoms with Crippen molar-refractivity contribution in [1.29, 1.82) is 0 Å². The first-order valence-electron chi connectivity index (χ1n) is 6.96. The Kier molecular flexibility index (Phi) is 4.55. The number of piperazine rings is 1. The Morgan fingerprint density at radius 3 is 2.42 bits per heavy atom. The molecule has 1 unspecified atom stereocenters. The van der Waals surface area contributed by atoms with Crippen LogP contribution < -0.4 is 11.1 Å². The number of halogens is 1. The number of nitrogens with one attached hydrogen (secondary N) is 1. The Labute approximate surface area is 115 Å². The minimum absolute atomic E-state index is 0.0505. The highest BCUT2D eigenvalue weighted by Gasteiger charge is 2.29. The number of hydrogen-bond donors (Lipinski definition) is 2. The fourth-order valence-electron chi connectivity index (χ4n) is 2.77. The van der Waals surface area contributed by atoms with Crippen molar-refractivity contribution in [2.75, 3.05) is 26.2 Å². The van der Waals surface area contributed by atoms with Gasteiger partial charge in [0.05, 0.1) is 0 Å². The van der Waals surface area contributed by atoms with E-state index in [1.54, 1.807) is 12.1 Å². The highest BCUT2D eigenvalue weighted by atomic mass is 19.1. The van der Waals surface area contributed by atoms with Gasteiger partial charge < -0.3 is 11.1 Å². The van der Waals surface area contributed by atoms with Crippen molar-refractivity contribution in [1.82, 2.24) is 10.2 Å². The molecule has 0 bridgehead atoms. The molecule has 1 saturated heterocycles. The number of hydrogen-bond acceptors (Lipinski definition) is 3. The van der Waals surface area contributed by atoms with Gasteiger partial charge in [0.2, 0.25) is 0 Å². The molecule has 0 aliphatic carbocycles. The van der Waals surface area contributed by atoms with Crippen molar-refractivity contribution in [3.63, 3.8) is 0 Å². The van der Waals surface area contributed by atoms with E-state index in [-0.39, 0.29) is 17.4 Å². The zero-order chi connectivity index (χ0) is 13.9. The van der Waals surface area contributed by atoms with E-state index in [1.807, 2.05) is 0 Å². The van der Waals surface area contributed by atoms with Gasteiger partial charge in [-0.3, -0.25) is 4.90 Å². The molecule has 19 heavy (non-hydrogen) atoms. The fraction of sp³-hybridized carbons (Fsp3) is 0.600. The number of nitrogens with zero attached hydrogens (tertiary/aromatic N) is 1. The van der Waals surface area contributed by atoms with Gasteiger partial charge >= 0.3 is 0 Å². The summed E-state index contributed by atoms with van der Waals surface area (Å²) in [5, 5.41) is 3.36. The molecule has 106 valence electrons. The molecular formula is C15H24FN3. The first kappa shape index (κ1) is 14.4. The predicted molar refractivity (Wildman–Crippen MR) is 76.5 cm³/mol. The van der Waals surface area contributed by atoms with Crippen LogP contribution in [0.4, 0.5) is 4.39 Å². The van der Waals surface area contributed by atoms with E-state index >= 15 is 0 Å². The van der Waals surface area contributed by atoms with Crippen LogP contribution in [0.1, 0.15) is 31.9 Å². The summed E-state index contributed by atoms with van der Waals surface area (Å²) in [5.74, 6) is -0.211. The summed E-state index contributed by atoms with van der Waals surface area (Å²) in [6.45, 7) is 8.67. The van der Waals surface area contributed by atoms with Crippen LogP contribution in [0.25, 0.3) is 0 Å². The van der Waals surface area contributed by atoms with Gasteiger partial charge in [0.15, 0.2) is 0 Å². The van der Waals surface area contributed by atoms with Gasteiger partial charge in [0, 0.05) is 37.8 Å². The number of benzene rings is 1. The molecule has 3 N–H and O–H groups in total. The Morgan fingerprint density at radius 1 is 1.26 bits per heavy atom. The smallest absolute Gasteiger partial charge is 0.123 e. The van der Waals surface area contributed by atoms with Crippen LogP contribution in [0.5, 0.6) is 0 Å². The van der Waals surface area contributed by atoms with Crippen molar-refractivity contribution in [2.45, 2.75) is 31.8 Å². The van der Waals surface area contributed by atoms with Crippen LogP contribution in [0.3, 0.4) is 0 Å². The molecule has 2 rings (SSSR count). The predicted octanol–water partition coefficient (Wildman–Crippen LogP) is 1.90. The largest absolute Gasteiger partial charge is 0.324 e. The average molecular weight is 265 g/mol. The number of rotatable bonds is 4. The summed E-state index contributed by atoms with van der Waals surface area (Å²) >= 11 is 0. The highest BCUT2D eigenvalue weighted by Crippen LogP contribution is 2.27. The fourth-order valence-corrected chi connectivity index (χ4v) is 2.77. The zero-order valence-corrected chi connectivity index (χ0v) is 11.8. The minimum Gasteiger partial charge on any atom is -0.324 e. The molecule has 0 saturated carbocycles. The molecule has 1 atom stereocenters. The monoisotopic (exact) mass is 265 g/mol. The second-order valence-corrected chi connectivity index (χ2v) is 5.91. The van der Waals surface area contributed by atoms with Crippen LogP contribution in [0, 0.1) is 5.82 Å². The van der Waals surface area contributed by atoms with Gasteiger partial charge in [-0.2, -0.15) is 0 Å². The van der Waals surface area contributed by atoms with Crippen LogP contribution in [0.2, 0.25) is 0 Å². The second-order valence-electron chi connectivity index (χ2n) is 5.91. The molecule has 0 radical (unpaired) electrons. The molecule has 1 aliphatic rings. The van der Waals surface area contributed by atoms with Crippen molar-refractivity contribution < 1.29 is 4.39 Å². The molecule has 0 spiro atoms. The zero-order valence-electron chi connectivity index (χ0n) is 11.8. The van der Waals surface area contributed by atoms with Crippen LogP contribution in [0.15, 0.2) is 24.3 Å². The van der Waals surface area contributed by atoms with Crippen LogP contribution in [-0.4, -0.2) is 36.6 Å². The lowest BCUT2D eigenvalue weighted by Crippen LogP contribution is -2.54. The van der Waals surface area contributed by atoms with E-state index in [9.17, 15) is 4.39 Å². The molecule has 3 nitrogen and oxygen atoms in total. The molecule has 1 heterocycles. The van der Waals surface area contributed by atoms with Crippen LogP contribution in [-0.2, 0) is 0 Å². The second kappa shape index (κ2) is 5.99. The minimum atomic E-state index is -0.211. The lowest BCUT2D eigenvalue weighted by molar-refractivity contribution is 0.0893. The third-order valence-electron chi connectivity index (χ3n) is 3.99. The Morgan fingerprint density at radius 2 is 1.84 bits per heavy atom. The average Bonchev–Trinajstić information content (AvgIpc) is 2.40. The summed E-state index contributed by atoms with van der Waals surface area (Å²) < 4.78 is 12.9. The maximum absolute atomic E-state index is 12.9. The summed E-state index contributed by atoms with van der Waals surface area (Å²) in [4.78, 5) is 2.48. The highest BCUT2D eigenvalue weighted by molar-refractivity contribution is 5.20. The lowest BCUT2D eigenvalue weighted by atomic mass is 9.89. The Balaban J connectivity index is 2.00. The van der Waals surface area contributed by atoms with Gasteiger partial charge in [-0.15, -0.1) is 0 Å². The molecule has 1 fully saturated rings. The van der Waals surface area contributed by atoms with Crippen LogP contribution >= 0.6 is 0 Å². The van der Waals surface area contributed by atoms with E-state index in [1.165, 1.54) is 12.1 Å². The topological polar surface area (TPSA) is 41.3 Å². The maximum Gasteiger partial charge on any atom is 0.123 e. The Hall–Kier alpha value is -0.970. The van der Waals surface area contributed by atoms with E-state index < -0.39 is 0 Å². The van der Waals surface area contributed by atoms with Crippen molar-refractivity contribution >= 4 is 0 Å². The molecule has 0 aromatic heterocycles. The summed E-state index contributed by atoms with van der Waals surface area (Å²) in [6, 6.07) is 6.48. The first-order valence-corrected chi connectivity index (χ1v) is 6.96. The summed E-state index contributed by atoms with van der Waals surface area (Å²) in [7, 11) is 0. The third kappa shape index (κ3) is 3.75. The van der Waals surface area contributed by atoms with Crippen molar-refractivity contribution in [3.8, 4) is 0 Å². The molecule has 1 aliphatic heterocycles. The Bertz CT molecular complexity index is 396. The van der Waals surface area contributed by atoms with Gasteiger partial charge in [-0.05, 0) is 38.0 Å². The van der Waals surface area contributed by atoms with E-state index in [4.69, 9.17) is 5.73 Å². The summed E-state index contributed by atoms with van der Waals surface area (Å²) in [6.07, 6.45) is 0.874. The first-order chi connectivity index (χ1) is 8.99. The third-order valence-corrected chi connectivity index (χ3v) is 3.99. The van der Waals surface area contributed by atoms with E-state index in [0.717, 1.165) is 38.2 Å². The standard InChI is InChI=1S/C15H24FN3/c1-15(2,19-9-7-18-8-10-19)11-14(17)12-3-5-13(16)6-4-12/h3-6,14,18H,7-11,17H2,1-2H3. The van der Waals surface area contributed by atoms with Crippen molar-refractivity contribution in [3.05, 3.63) is 35.6 Å². The number of nitrogens with two attached hydrogens (primary N) is 1. The normalized spacial score (nSPS) is 19.4. The molecule has 0 amide bonds. The van der Waals surface area contributed by atoms with Gasteiger partial charge in [0.1, 0.15) is 5.82 Å². The molecular weight excluding hydrogens is 241 g/mol. The summed E-state index contributed by atoms with van der Waals surface area (Å²) in [5.41, 5.74) is 7.34. The van der Waals surface area contributed by atoms with Gasteiger partial charge in [-0.1, -0.05) is 12.1 Å². The maximum atomic E-state index is 12.9. The molecule has 4 heteroatoms. The quantitative estimate of drug-likeness (QED) is 0.873. The van der Waals surface area contributed by atoms with Gasteiger partial charge in [-0.25, -0.2) is 4.39 Å². The molecule has 1 aromatic carbocycles. The van der Waals surface area contributed by atoms with E-state index in [0.29, 0.717) is 0 Å². The van der Waals surface area contributed by atoms with E-state index in [2.05, 4.69) is 24.1 Å². The molecule has 1 aromatic rings. The lowest BCUT2D eigenvalue weighted by Gasteiger charge is -2.42. The van der Waals surface area contributed by atoms with Crippen molar-refractivity contribution in [2.24, 2.45) is 5.73 Å². The SMILES string of the molecule is CC(C)(CC(N)c1ccc(F)cc1)N1CCNCC1.